The molecule has 3 amide bonds. The van der Waals surface area contributed by atoms with E-state index in [4.69, 9.17) is 19.4 Å². The number of benzene rings is 1. The van der Waals surface area contributed by atoms with Crippen LogP contribution in [-0.2, 0) is 33.5 Å². The molecular formula is C23H28I3N3O11. The largest absolute Gasteiger partial charge is 0.462 e. The van der Waals surface area contributed by atoms with Crippen molar-refractivity contribution >= 4 is 109 Å². The molecule has 0 aliphatic heterocycles. The fourth-order valence-electron chi connectivity index (χ4n) is 3.02. The number of nitrogens with one attached hydrogen (secondary N) is 2. The van der Waals surface area contributed by atoms with Gasteiger partial charge in [-0.1, -0.05) is 0 Å². The molecule has 2 atom stereocenters. The minimum absolute atomic E-state index is 0.0266. The number of nitrogens with zero attached hydrogens (tertiary/aromatic N) is 1. The van der Waals surface area contributed by atoms with E-state index in [1.807, 2.05) is 22.6 Å². The average molecular weight is 903 g/mol. The number of halogens is 3. The minimum atomic E-state index is -1.16. The molecular weight excluding hydrogens is 875 g/mol. The second kappa shape index (κ2) is 17.2. The summed E-state index contributed by atoms with van der Waals surface area (Å²) in [4.78, 5) is 79.2. The van der Waals surface area contributed by atoms with Crippen LogP contribution in [0.4, 0.5) is 5.69 Å². The molecule has 0 aliphatic rings. The molecule has 0 spiro atoms. The molecule has 0 aromatic heterocycles. The highest BCUT2D eigenvalue weighted by atomic mass is 127. The van der Waals surface area contributed by atoms with E-state index in [0.717, 1.165) is 13.8 Å². The third-order valence-electron chi connectivity index (χ3n) is 4.85. The molecule has 17 heteroatoms. The van der Waals surface area contributed by atoms with E-state index in [-0.39, 0.29) is 53.5 Å². The highest BCUT2D eigenvalue weighted by molar-refractivity contribution is 14.1. The van der Waals surface area contributed by atoms with Gasteiger partial charge in [-0.15, -0.1) is 5.06 Å². The number of ether oxygens (including phenoxy) is 2. The van der Waals surface area contributed by atoms with Gasteiger partial charge in [0.2, 0.25) is 0 Å². The molecule has 0 radical (unpaired) electrons. The van der Waals surface area contributed by atoms with Crippen molar-refractivity contribution < 1.29 is 53.3 Å². The highest BCUT2D eigenvalue weighted by Crippen LogP contribution is 2.38. The average Bonchev–Trinajstić information content (AvgIpc) is 2.87. The molecule has 4 N–H and O–H groups in total. The highest BCUT2D eigenvalue weighted by Gasteiger charge is 2.33. The maximum absolute atomic E-state index is 13.4. The van der Waals surface area contributed by atoms with Crippen LogP contribution in [0.2, 0.25) is 0 Å². The maximum atomic E-state index is 13.4. The lowest BCUT2D eigenvalue weighted by molar-refractivity contribution is -0.155. The van der Waals surface area contributed by atoms with Crippen molar-refractivity contribution in [3.05, 3.63) is 21.8 Å². The first-order valence-corrected chi connectivity index (χ1v) is 14.7. The summed E-state index contributed by atoms with van der Waals surface area (Å²) in [5.74, 6) is -4.26. The van der Waals surface area contributed by atoms with E-state index in [1.165, 1.54) is 14.0 Å². The number of hydrogen-bond donors (Lipinski definition) is 4. The number of aliphatic hydroxyl groups is 2. The Morgan fingerprint density at radius 1 is 0.925 bits per heavy atom. The molecule has 0 saturated heterocycles. The normalized spacial score (nSPS) is 12.0. The van der Waals surface area contributed by atoms with E-state index in [9.17, 15) is 33.9 Å². The zero-order valence-corrected chi connectivity index (χ0v) is 28.3. The van der Waals surface area contributed by atoms with Gasteiger partial charge < -0.3 is 35.2 Å². The monoisotopic (exact) mass is 903 g/mol. The number of hydrogen-bond acceptors (Lipinski definition) is 11. The summed E-state index contributed by atoms with van der Waals surface area (Å²) in [5.41, 5.74) is -0.0635. The molecule has 0 bridgehead atoms. The minimum Gasteiger partial charge on any atom is -0.462 e. The van der Waals surface area contributed by atoms with Crippen LogP contribution in [0.1, 0.15) is 54.3 Å². The zero-order chi connectivity index (χ0) is 30.7. The first-order valence-electron chi connectivity index (χ1n) is 11.5. The summed E-state index contributed by atoms with van der Waals surface area (Å²) in [6, 6.07) is 0. The number of anilines is 1. The van der Waals surface area contributed by atoms with Crippen LogP contribution >= 0.6 is 67.8 Å². The summed E-state index contributed by atoms with van der Waals surface area (Å²) in [6.07, 6.45) is -2.64. The Bertz CT molecular complexity index is 1160. The van der Waals surface area contributed by atoms with Crippen molar-refractivity contribution in [1.29, 1.82) is 0 Å². The molecule has 222 valence electrons. The summed E-state index contributed by atoms with van der Waals surface area (Å²) < 4.78 is 10.5. The lowest BCUT2D eigenvalue weighted by Gasteiger charge is -2.26. The van der Waals surface area contributed by atoms with E-state index < -0.39 is 54.4 Å². The van der Waals surface area contributed by atoms with E-state index in [2.05, 4.69) is 10.6 Å². The SMILES string of the molecule is CNC(=O)c1c(I)c(C(=O)NCC(COC(C)=O)OC(C)=O)c(I)c(N(OC(=O)CCC(O)CO)C(C)=O)c1I. The molecule has 0 fully saturated rings. The molecule has 0 heterocycles. The van der Waals surface area contributed by atoms with Crippen LogP contribution in [-0.4, -0.2) is 84.9 Å². The number of amides is 3. The van der Waals surface area contributed by atoms with Crippen LogP contribution in [0, 0.1) is 10.7 Å². The van der Waals surface area contributed by atoms with E-state index in [1.54, 1.807) is 45.2 Å². The van der Waals surface area contributed by atoms with E-state index in [0.29, 0.717) is 5.06 Å². The van der Waals surface area contributed by atoms with Crippen LogP contribution in [0.15, 0.2) is 0 Å². The summed E-state index contributed by atoms with van der Waals surface area (Å²) >= 11 is 5.39. The number of carbonyl (C=O) groups excluding carboxylic acids is 6. The number of rotatable bonds is 12. The lowest BCUT2D eigenvalue weighted by Crippen LogP contribution is -2.39. The Hall–Kier alpha value is -1.85. The topological polar surface area (TPSA) is 198 Å². The molecule has 0 saturated carbocycles. The van der Waals surface area contributed by atoms with Gasteiger partial charge in [-0.3, -0.25) is 24.0 Å². The van der Waals surface area contributed by atoms with Gasteiger partial charge in [0.05, 0.1) is 43.9 Å². The molecule has 14 nitrogen and oxygen atoms in total. The fraction of sp³-hybridized carbons (Fsp3) is 0.478. The molecule has 2 unspecified atom stereocenters. The molecule has 1 rings (SSSR count). The van der Waals surface area contributed by atoms with Crippen molar-refractivity contribution in [2.75, 3.05) is 31.9 Å². The van der Waals surface area contributed by atoms with Gasteiger partial charge in [0, 0.05) is 31.4 Å². The smallest absolute Gasteiger partial charge is 0.333 e. The van der Waals surface area contributed by atoms with Crippen molar-refractivity contribution in [1.82, 2.24) is 10.6 Å². The van der Waals surface area contributed by atoms with Gasteiger partial charge in [-0.05, 0) is 74.2 Å². The first kappa shape index (κ1) is 36.2. The summed E-state index contributed by atoms with van der Waals surface area (Å²) in [7, 11) is 1.37. The van der Waals surface area contributed by atoms with Crippen molar-refractivity contribution in [3.8, 4) is 0 Å². The Morgan fingerprint density at radius 2 is 1.50 bits per heavy atom. The third kappa shape index (κ3) is 10.5. The zero-order valence-electron chi connectivity index (χ0n) is 21.8. The Balaban J connectivity index is 3.56. The van der Waals surface area contributed by atoms with Crippen LogP contribution in [0.5, 0.6) is 0 Å². The second-order valence-corrected chi connectivity index (χ2v) is 11.3. The standard InChI is InChI=1S/C23H28I3N3O11/c1-10(31)29(40-15(35)6-5-13(34)8-30)21-19(25)16(22(36)27-4)18(24)17(20(21)26)23(37)28-7-14(39-12(3)33)9-38-11(2)32/h13-14,30,34H,5-9H2,1-4H3,(H,27,36)(H,28,37). The quantitative estimate of drug-likeness (QED) is 0.133. The number of aliphatic hydroxyl groups excluding tert-OH is 2. The van der Waals surface area contributed by atoms with Crippen LogP contribution < -0.4 is 15.7 Å². The van der Waals surface area contributed by atoms with Gasteiger partial charge in [-0.25, -0.2) is 4.79 Å². The molecule has 40 heavy (non-hydrogen) atoms. The van der Waals surface area contributed by atoms with Gasteiger partial charge >= 0.3 is 17.9 Å². The van der Waals surface area contributed by atoms with Crippen LogP contribution in [0.3, 0.4) is 0 Å². The first-order chi connectivity index (χ1) is 18.7. The fourth-order valence-corrected chi connectivity index (χ4v) is 7.60. The number of esters is 2. The second-order valence-electron chi connectivity index (χ2n) is 8.02. The van der Waals surface area contributed by atoms with Gasteiger partial charge in [0.1, 0.15) is 12.3 Å². The Kier molecular flexibility index (Phi) is 15.5. The van der Waals surface area contributed by atoms with Gasteiger partial charge in [0.15, 0.2) is 6.10 Å². The van der Waals surface area contributed by atoms with E-state index >= 15 is 0 Å². The predicted molar refractivity (Wildman–Crippen MR) is 164 cm³/mol. The van der Waals surface area contributed by atoms with Crippen molar-refractivity contribution in [2.24, 2.45) is 0 Å². The third-order valence-corrected chi connectivity index (χ3v) is 8.02. The maximum Gasteiger partial charge on any atom is 0.333 e. The molecule has 1 aromatic rings. The summed E-state index contributed by atoms with van der Waals surface area (Å²) in [6.45, 7) is 2.29. The molecule has 1 aromatic carbocycles. The summed E-state index contributed by atoms with van der Waals surface area (Å²) in [5, 5.41) is 24.2. The molecule has 0 aliphatic carbocycles. The lowest BCUT2D eigenvalue weighted by atomic mass is 10.1. The Morgan fingerprint density at radius 3 is 1.98 bits per heavy atom. The van der Waals surface area contributed by atoms with Crippen molar-refractivity contribution in [3.63, 3.8) is 0 Å². The van der Waals surface area contributed by atoms with Crippen molar-refractivity contribution in [2.45, 2.75) is 45.8 Å². The van der Waals surface area contributed by atoms with Gasteiger partial charge in [0.25, 0.3) is 17.7 Å². The number of carbonyl (C=O) groups is 6. The van der Waals surface area contributed by atoms with Gasteiger partial charge in [-0.2, -0.15) is 0 Å². The number of hydroxylamine groups is 1. The predicted octanol–water partition coefficient (Wildman–Crippen LogP) is 1.03. The Labute approximate surface area is 270 Å². The van der Waals surface area contributed by atoms with Crippen LogP contribution in [0.25, 0.3) is 0 Å².